The molecular weight excluding hydrogens is 394 g/mol. The van der Waals surface area contributed by atoms with Crippen LogP contribution in [-0.4, -0.2) is 33.7 Å². The Kier molecular flexibility index (Phi) is 8.22. The Morgan fingerprint density at radius 1 is 0.774 bits per heavy atom. The van der Waals surface area contributed by atoms with Gasteiger partial charge in [0.05, 0.1) is 0 Å². The summed E-state index contributed by atoms with van der Waals surface area (Å²) in [5.74, 6) is 1.01. The SMILES string of the molecule is COCOc1ccc(/C=C/c2ccc(NC(=O)c3ccccc3)cc2)cc1OCOC. The number of rotatable bonds is 10. The normalized spacial score (nSPS) is 10.8. The van der Waals surface area contributed by atoms with E-state index in [2.05, 4.69) is 5.32 Å². The van der Waals surface area contributed by atoms with Crippen molar-refractivity contribution in [2.75, 3.05) is 33.1 Å². The van der Waals surface area contributed by atoms with Crippen LogP contribution in [0.3, 0.4) is 0 Å². The van der Waals surface area contributed by atoms with Crippen LogP contribution >= 0.6 is 0 Å². The number of carbonyl (C=O) groups is 1. The molecule has 0 atom stereocenters. The molecule has 0 saturated carbocycles. The van der Waals surface area contributed by atoms with Crippen LogP contribution in [-0.2, 0) is 9.47 Å². The molecule has 0 spiro atoms. The maximum Gasteiger partial charge on any atom is 0.255 e. The highest BCUT2D eigenvalue weighted by Crippen LogP contribution is 2.29. The Morgan fingerprint density at radius 2 is 1.39 bits per heavy atom. The van der Waals surface area contributed by atoms with Gasteiger partial charge in [-0.05, 0) is 47.5 Å². The van der Waals surface area contributed by atoms with Gasteiger partial charge in [-0.25, -0.2) is 0 Å². The van der Waals surface area contributed by atoms with Crippen LogP contribution < -0.4 is 14.8 Å². The minimum Gasteiger partial charge on any atom is -0.464 e. The number of nitrogens with one attached hydrogen (secondary N) is 1. The zero-order valence-corrected chi connectivity index (χ0v) is 17.5. The minimum absolute atomic E-state index is 0.118. The second-order valence-electron chi connectivity index (χ2n) is 6.58. The fraction of sp³-hybridized carbons (Fsp3) is 0.160. The number of methoxy groups -OCH3 is 2. The highest BCUT2D eigenvalue weighted by molar-refractivity contribution is 6.04. The molecule has 0 bridgehead atoms. The summed E-state index contributed by atoms with van der Waals surface area (Å²) in [6, 6.07) is 22.4. The van der Waals surface area contributed by atoms with Gasteiger partial charge in [0, 0.05) is 25.5 Å². The molecule has 160 valence electrons. The van der Waals surface area contributed by atoms with Gasteiger partial charge in [0.2, 0.25) is 0 Å². The molecule has 0 fully saturated rings. The molecule has 0 heterocycles. The smallest absolute Gasteiger partial charge is 0.255 e. The highest BCUT2D eigenvalue weighted by atomic mass is 16.7. The van der Waals surface area contributed by atoms with E-state index in [1.165, 1.54) is 0 Å². The molecule has 6 heteroatoms. The number of ether oxygens (including phenoxy) is 4. The zero-order chi connectivity index (χ0) is 21.9. The van der Waals surface area contributed by atoms with E-state index in [-0.39, 0.29) is 19.5 Å². The van der Waals surface area contributed by atoms with Gasteiger partial charge in [-0.2, -0.15) is 0 Å². The number of hydrogen-bond donors (Lipinski definition) is 1. The summed E-state index contributed by atoms with van der Waals surface area (Å²) < 4.78 is 21.0. The van der Waals surface area contributed by atoms with E-state index in [1.54, 1.807) is 26.4 Å². The third-order valence-corrected chi connectivity index (χ3v) is 4.31. The molecule has 0 unspecified atom stereocenters. The van der Waals surface area contributed by atoms with E-state index in [0.29, 0.717) is 17.1 Å². The summed E-state index contributed by atoms with van der Waals surface area (Å²) in [6.45, 7) is 0.248. The lowest BCUT2D eigenvalue weighted by Crippen LogP contribution is -2.11. The van der Waals surface area contributed by atoms with Crippen LogP contribution in [0.2, 0.25) is 0 Å². The summed E-state index contributed by atoms with van der Waals surface area (Å²) >= 11 is 0. The summed E-state index contributed by atoms with van der Waals surface area (Å²) in [6.07, 6.45) is 3.95. The molecule has 6 nitrogen and oxygen atoms in total. The van der Waals surface area contributed by atoms with E-state index in [0.717, 1.165) is 16.8 Å². The van der Waals surface area contributed by atoms with Gasteiger partial charge in [0.1, 0.15) is 0 Å². The maximum absolute atomic E-state index is 12.2. The monoisotopic (exact) mass is 419 g/mol. The van der Waals surface area contributed by atoms with Crippen LogP contribution in [0.25, 0.3) is 12.2 Å². The molecule has 0 aromatic heterocycles. The van der Waals surface area contributed by atoms with Gasteiger partial charge in [0.15, 0.2) is 25.1 Å². The van der Waals surface area contributed by atoms with Crippen LogP contribution in [0.15, 0.2) is 72.8 Å². The molecular formula is C25H25NO5. The Morgan fingerprint density at radius 3 is 2.06 bits per heavy atom. The minimum atomic E-state index is -0.136. The molecule has 3 aromatic rings. The van der Waals surface area contributed by atoms with Crippen molar-refractivity contribution in [3.63, 3.8) is 0 Å². The van der Waals surface area contributed by atoms with Crippen molar-refractivity contribution in [3.8, 4) is 11.5 Å². The third-order valence-electron chi connectivity index (χ3n) is 4.31. The fourth-order valence-corrected chi connectivity index (χ4v) is 2.77. The number of anilines is 1. The van der Waals surface area contributed by atoms with Gasteiger partial charge in [0.25, 0.3) is 5.91 Å². The van der Waals surface area contributed by atoms with Crippen LogP contribution in [0.4, 0.5) is 5.69 Å². The first-order valence-electron chi connectivity index (χ1n) is 9.71. The van der Waals surface area contributed by atoms with Crippen LogP contribution in [0.1, 0.15) is 21.5 Å². The standard InChI is InChI=1S/C25H25NO5/c1-28-17-30-23-15-12-20(16-24(23)31-18-29-2)9-8-19-10-13-22(14-11-19)26-25(27)21-6-4-3-5-7-21/h3-16H,17-18H2,1-2H3,(H,26,27)/b9-8+. The Labute approximate surface area is 182 Å². The van der Waals surface area contributed by atoms with Crippen LogP contribution in [0, 0.1) is 0 Å². The Bertz CT molecular complexity index is 1000. The molecule has 0 saturated heterocycles. The lowest BCUT2D eigenvalue weighted by molar-refractivity contribution is 0.0322. The topological polar surface area (TPSA) is 66.0 Å². The molecule has 1 amide bonds. The van der Waals surface area contributed by atoms with E-state index in [4.69, 9.17) is 18.9 Å². The third kappa shape index (κ3) is 6.70. The zero-order valence-electron chi connectivity index (χ0n) is 17.5. The quantitative estimate of drug-likeness (QED) is 0.367. The number of carbonyl (C=O) groups excluding carboxylic acids is 1. The summed E-state index contributed by atoms with van der Waals surface area (Å²) in [7, 11) is 3.12. The molecule has 3 rings (SSSR count). The van der Waals surface area contributed by atoms with Gasteiger partial charge < -0.3 is 24.3 Å². The van der Waals surface area contributed by atoms with Crippen molar-refractivity contribution in [2.45, 2.75) is 0 Å². The van der Waals surface area contributed by atoms with Gasteiger partial charge >= 0.3 is 0 Å². The summed E-state index contributed by atoms with van der Waals surface area (Å²) in [5.41, 5.74) is 3.30. The molecule has 0 aliphatic rings. The average molecular weight is 419 g/mol. The summed E-state index contributed by atoms with van der Waals surface area (Å²) in [5, 5.41) is 2.89. The number of benzene rings is 3. The molecule has 0 radical (unpaired) electrons. The van der Waals surface area contributed by atoms with E-state index in [1.807, 2.05) is 72.8 Å². The van der Waals surface area contributed by atoms with Gasteiger partial charge in [-0.15, -0.1) is 0 Å². The number of amides is 1. The first-order chi connectivity index (χ1) is 15.2. The maximum atomic E-state index is 12.2. The van der Waals surface area contributed by atoms with E-state index in [9.17, 15) is 4.79 Å². The highest BCUT2D eigenvalue weighted by Gasteiger charge is 2.07. The second kappa shape index (κ2) is 11.5. The predicted molar refractivity (Wildman–Crippen MR) is 121 cm³/mol. The second-order valence-corrected chi connectivity index (χ2v) is 6.58. The summed E-state index contributed by atoms with van der Waals surface area (Å²) in [4.78, 5) is 12.2. The Hall–Kier alpha value is -3.61. The molecule has 0 aliphatic carbocycles. The molecule has 0 aliphatic heterocycles. The van der Waals surface area contributed by atoms with E-state index < -0.39 is 0 Å². The van der Waals surface area contributed by atoms with Crippen molar-refractivity contribution < 1.29 is 23.7 Å². The first kappa shape index (κ1) is 22.1. The fourth-order valence-electron chi connectivity index (χ4n) is 2.77. The average Bonchev–Trinajstić information content (AvgIpc) is 2.82. The molecule has 31 heavy (non-hydrogen) atoms. The van der Waals surface area contributed by atoms with E-state index >= 15 is 0 Å². The van der Waals surface area contributed by atoms with Gasteiger partial charge in [-0.1, -0.05) is 48.6 Å². The Balaban J connectivity index is 1.66. The predicted octanol–water partition coefficient (Wildman–Crippen LogP) is 5.07. The largest absolute Gasteiger partial charge is 0.464 e. The first-order valence-corrected chi connectivity index (χ1v) is 9.71. The molecule has 1 N–H and O–H groups in total. The van der Waals surface area contributed by atoms with Crippen molar-refractivity contribution in [1.29, 1.82) is 0 Å². The van der Waals surface area contributed by atoms with Crippen molar-refractivity contribution in [1.82, 2.24) is 0 Å². The van der Waals surface area contributed by atoms with Gasteiger partial charge in [-0.3, -0.25) is 4.79 Å². The van der Waals surface area contributed by atoms with Crippen molar-refractivity contribution in [2.24, 2.45) is 0 Å². The number of hydrogen-bond acceptors (Lipinski definition) is 5. The lowest BCUT2D eigenvalue weighted by atomic mass is 10.1. The van der Waals surface area contributed by atoms with Crippen molar-refractivity contribution in [3.05, 3.63) is 89.5 Å². The lowest BCUT2D eigenvalue weighted by Gasteiger charge is -2.12. The van der Waals surface area contributed by atoms with Crippen molar-refractivity contribution >= 4 is 23.7 Å². The van der Waals surface area contributed by atoms with Crippen LogP contribution in [0.5, 0.6) is 11.5 Å². The molecule has 3 aromatic carbocycles.